The van der Waals surface area contributed by atoms with Crippen molar-refractivity contribution in [2.24, 2.45) is 0 Å². The van der Waals surface area contributed by atoms with Crippen LogP contribution in [0.5, 0.6) is 11.5 Å². The zero-order chi connectivity index (χ0) is 21.6. The van der Waals surface area contributed by atoms with E-state index in [2.05, 4.69) is 22.1 Å². The monoisotopic (exact) mass is 436 g/mol. The van der Waals surface area contributed by atoms with Gasteiger partial charge in [-0.05, 0) is 18.2 Å². The number of hydrogen-bond acceptors (Lipinski definition) is 6. The number of hydrogen-bond donors (Lipinski definition) is 1. The smallest absolute Gasteiger partial charge is 0.230 e. The largest absolute Gasteiger partial charge is 0.496 e. The first-order valence-electron chi connectivity index (χ1n) is 10.0. The second-order valence-corrected chi connectivity index (χ2v) is 7.93. The van der Waals surface area contributed by atoms with Crippen molar-refractivity contribution in [2.45, 2.75) is 24.2 Å². The number of nitrogens with zero attached hydrogens (tertiary/aromatic N) is 3. The molecule has 1 aliphatic heterocycles. The van der Waals surface area contributed by atoms with Gasteiger partial charge in [-0.15, -0.1) is 16.8 Å². The summed E-state index contributed by atoms with van der Waals surface area (Å²) in [5, 5.41) is 12.4. The van der Waals surface area contributed by atoms with E-state index in [0.29, 0.717) is 29.9 Å². The van der Waals surface area contributed by atoms with Gasteiger partial charge in [0.05, 0.1) is 31.1 Å². The normalized spacial score (nSPS) is 14.9. The Hall–Kier alpha value is -3.26. The topological polar surface area (TPSA) is 78.3 Å². The quantitative estimate of drug-likeness (QED) is 0.427. The van der Waals surface area contributed by atoms with Gasteiger partial charge in [-0.25, -0.2) is 0 Å². The highest BCUT2D eigenvalue weighted by Gasteiger charge is 2.23. The summed E-state index contributed by atoms with van der Waals surface area (Å²) in [5.41, 5.74) is 1.86. The molecule has 1 atom stereocenters. The Morgan fingerprint density at radius 3 is 2.94 bits per heavy atom. The first-order chi connectivity index (χ1) is 15.2. The molecule has 1 aliphatic rings. The molecule has 160 valence electrons. The van der Waals surface area contributed by atoms with Crippen LogP contribution in [-0.2, 0) is 11.3 Å². The molecule has 0 saturated heterocycles. The van der Waals surface area contributed by atoms with Crippen LogP contribution in [0.4, 0.5) is 0 Å². The predicted octanol–water partition coefficient (Wildman–Crippen LogP) is 3.87. The molecule has 3 aromatic rings. The predicted molar refractivity (Wildman–Crippen MR) is 120 cm³/mol. The fraction of sp³-hybridized carbons (Fsp3) is 0.261. The molecule has 1 unspecified atom stereocenters. The second-order valence-electron chi connectivity index (χ2n) is 6.99. The van der Waals surface area contributed by atoms with Crippen LogP contribution in [-0.4, -0.2) is 40.1 Å². The van der Waals surface area contributed by atoms with Crippen LogP contribution in [0.25, 0.3) is 11.4 Å². The van der Waals surface area contributed by atoms with E-state index in [0.717, 1.165) is 23.3 Å². The summed E-state index contributed by atoms with van der Waals surface area (Å²) in [6.45, 7) is 4.95. The van der Waals surface area contributed by atoms with Gasteiger partial charge in [0.15, 0.2) is 11.0 Å². The summed E-state index contributed by atoms with van der Waals surface area (Å²) in [6, 6.07) is 15.4. The van der Waals surface area contributed by atoms with Gasteiger partial charge in [-0.1, -0.05) is 48.2 Å². The van der Waals surface area contributed by atoms with Crippen molar-refractivity contribution in [3.63, 3.8) is 0 Å². The summed E-state index contributed by atoms with van der Waals surface area (Å²) < 4.78 is 13.1. The summed E-state index contributed by atoms with van der Waals surface area (Å²) in [4.78, 5) is 12.7. The van der Waals surface area contributed by atoms with Crippen molar-refractivity contribution in [1.29, 1.82) is 0 Å². The van der Waals surface area contributed by atoms with Gasteiger partial charge in [0.2, 0.25) is 5.91 Å². The number of ether oxygens (including phenoxy) is 2. The number of rotatable bonds is 8. The minimum Gasteiger partial charge on any atom is -0.496 e. The van der Waals surface area contributed by atoms with E-state index in [-0.39, 0.29) is 17.7 Å². The molecular weight excluding hydrogens is 412 g/mol. The van der Waals surface area contributed by atoms with Crippen molar-refractivity contribution in [3.05, 3.63) is 66.7 Å². The molecule has 0 radical (unpaired) electrons. The molecular formula is C23H24N4O3S. The van der Waals surface area contributed by atoms with E-state index in [9.17, 15) is 4.79 Å². The Labute approximate surface area is 185 Å². The molecule has 4 rings (SSSR count). The number of aromatic nitrogens is 3. The Morgan fingerprint density at radius 1 is 1.29 bits per heavy atom. The third kappa shape index (κ3) is 4.59. The number of thioether (sulfide) groups is 1. The lowest BCUT2D eigenvalue weighted by Gasteiger charge is -2.26. The molecule has 0 aliphatic carbocycles. The van der Waals surface area contributed by atoms with Crippen molar-refractivity contribution < 1.29 is 14.3 Å². The number of nitrogens with one attached hydrogen (secondary N) is 1. The van der Waals surface area contributed by atoms with Gasteiger partial charge >= 0.3 is 0 Å². The molecule has 1 aromatic heterocycles. The number of amides is 1. The van der Waals surface area contributed by atoms with E-state index in [4.69, 9.17) is 9.47 Å². The standard InChI is InChI=1S/C23H24N4O3S/c1-3-13-27-22(17-9-5-6-10-19(17)29-2)25-26-23(27)31-15-21(28)24-18-12-14-30-20-11-7-4-8-16(18)20/h3-11,18H,1,12-15H2,2H3,(H,24,28). The summed E-state index contributed by atoms with van der Waals surface area (Å²) in [7, 11) is 1.63. The van der Waals surface area contributed by atoms with Crippen LogP contribution < -0.4 is 14.8 Å². The minimum absolute atomic E-state index is 0.0479. The Bertz CT molecular complexity index is 1080. The van der Waals surface area contributed by atoms with Gasteiger partial charge in [0.25, 0.3) is 0 Å². The first-order valence-corrected chi connectivity index (χ1v) is 11.0. The molecule has 1 N–H and O–H groups in total. The van der Waals surface area contributed by atoms with Crippen LogP contribution in [0.15, 0.2) is 66.3 Å². The van der Waals surface area contributed by atoms with Crippen molar-refractivity contribution >= 4 is 17.7 Å². The fourth-order valence-corrected chi connectivity index (χ4v) is 4.33. The third-order valence-electron chi connectivity index (χ3n) is 5.00. The molecule has 31 heavy (non-hydrogen) atoms. The Balaban J connectivity index is 1.47. The van der Waals surface area contributed by atoms with Gasteiger partial charge < -0.3 is 14.8 Å². The zero-order valence-corrected chi connectivity index (χ0v) is 18.1. The number of para-hydroxylation sites is 2. The van der Waals surface area contributed by atoms with Crippen LogP contribution in [0, 0.1) is 0 Å². The third-order valence-corrected chi connectivity index (χ3v) is 5.97. The van der Waals surface area contributed by atoms with E-state index in [1.165, 1.54) is 11.8 Å². The van der Waals surface area contributed by atoms with Crippen molar-refractivity contribution in [2.75, 3.05) is 19.5 Å². The Morgan fingerprint density at radius 2 is 2.10 bits per heavy atom. The zero-order valence-electron chi connectivity index (χ0n) is 17.3. The molecule has 2 heterocycles. The average Bonchev–Trinajstić information content (AvgIpc) is 3.20. The molecule has 0 spiro atoms. The summed E-state index contributed by atoms with van der Waals surface area (Å²) >= 11 is 1.35. The highest BCUT2D eigenvalue weighted by Crippen LogP contribution is 2.33. The fourth-order valence-electron chi connectivity index (χ4n) is 3.58. The SMILES string of the molecule is C=CCn1c(SCC(=O)NC2CCOc3ccccc32)nnc1-c1ccccc1OC. The second kappa shape index (κ2) is 9.70. The number of benzene rings is 2. The molecule has 7 nitrogen and oxygen atoms in total. The van der Waals surface area contributed by atoms with Crippen LogP contribution in [0.2, 0.25) is 0 Å². The van der Waals surface area contributed by atoms with E-state index < -0.39 is 0 Å². The molecule has 8 heteroatoms. The number of fused-ring (bicyclic) bond motifs is 1. The first kappa shape index (κ1) is 21.0. The Kier molecular flexibility index (Phi) is 6.57. The highest BCUT2D eigenvalue weighted by atomic mass is 32.2. The summed E-state index contributed by atoms with van der Waals surface area (Å²) in [5.74, 6) is 2.41. The molecule has 0 fully saturated rings. The van der Waals surface area contributed by atoms with Gasteiger partial charge in [-0.2, -0.15) is 0 Å². The molecule has 1 amide bonds. The molecule has 2 aromatic carbocycles. The van der Waals surface area contributed by atoms with Crippen LogP contribution in [0.3, 0.4) is 0 Å². The van der Waals surface area contributed by atoms with E-state index >= 15 is 0 Å². The lowest BCUT2D eigenvalue weighted by molar-refractivity contribution is -0.119. The maximum atomic E-state index is 12.7. The maximum Gasteiger partial charge on any atom is 0.230 e. The van der Waals surface area contributed by atoms with Gasteiger partial charge in [0.1, 0.15) is 11.5 Å². The lowest BCUT2D eigenvalue weighted by Crippen LogP contribution is -2.33. The number of carbonyl (C=O) groups excluding carboxylic acids is 1. The van der Waals surface area contributed by atoms with Crippen LogP contribution >= 0.6 is 11.8 Å². The van der Waals surface area contributed by atoms with Crippen molar-refractivity contribution in [3.8, 4) is 22.9 Å². The molecule has 0 bridgehead atoms. The highest BCUT2D eigenvalue weighted by molar-refractivity contribution is 7.99. The number of methoxy groups -OCH3 is 1. The van der Waals surface area contributed by atoms with E-state index in [1.54, 1.807) is 13.2 Å². The number of carbonyl (C=O) groups is 1. The lowest BCUT2D eigenvalue weighted by atomic mass is 10.0. The number of allylic oxidation sites excluding steroid dienone is 1. The van der Waals surface area contributed by atoms with Crippen LogP contribution in [0.1, 0.15) is 18.0 Å². The van der Waals surface area contributed by atoms with E-state index in [1.807, 2.05) is 53.1 Å². The van der Waals surface area contributed by atoms with Gasteiger partial charge in [0, 0.05) is 18.5 Å². The van der Waals surface area contributed by atoms with Gasteiger partial charge in [-0.3, -0.25) is 9.36 Å². The summed E-state index contributed by atoms with van der Waals surface area (Å²) in [6.07, 6.45) is 2.53. The molecule has 0 saturated carbocycles. The maximum absolute atomic E-state index is 12.7. The van der Waals surface area contributed by atoms with Crippen molar-refractivity contribution in [1.82, 2.24) is 20.1 Å². The average molecular weight is 437 g/mol. The minimum atomic E-state index is -0.0568.